The summed E-state index contributed by atoms with van der Waals surface area (Å²) in [5.41, 5.74) is 0. The molecule has 0 fully saturated rings. The molecule has 6 heteroatoms. The molecule has 0 bridgehead atoms. The molecular formula is C26H42Cl2FeP2Pd-6. The SMILES string of the molecule is CC(C)(C)P([c-]1[cH-][cH-][c-](Cl)[c-]1Cl)C(C)(C)C.CC(C)(C)P([c-]1cccc1)C(C)(C)C.[Fe].[Pd]. The molecular weight excluding hydrogens is 607 g/mol. The summed E-state index contributed by atoms with van der Waals surface area (Å²) in [4.78, 5) is 0. The van der Waals surface area contributed by atoms with Crippen LogP contribution in [-0.2, 0) is 37.5 Å². The Morgan fingerprint density at radius 2 is 0.969 bits per heavy atom. The van der Waals surface area contributed by atoms with Gasteiger partial charge in [0.25, 0.3) is 0 Å². The van der Waals surface area contributed by atoms with Crippen LogP contribution >= 0.6 is 39.0 Å². The first-order valence-electron chi connectivity index (χ1n) is 10.7. The standard InChI is InChI=1S/C13H20Cl2P.C13H22P.Fe.Pd/c1-12(2,3)16(13(4,5)6)10-8-7-9(14)11(10)15;1-12(2,3)14(13(4,5)6)11-9-7-8-10-11;;/h7-8H,1-6H3;7-10H,1-6H3;;/q-5;-1;;. The van der Waals surface area contributed by atoms with Crippen LogP contribution in [0.1, 0.15) is 83.1 Å². The van der Waals surface area contributed by atoms with E-state index in [1.165, 1.54) is 5.30 Å². The third-order valence-electron chi connectivity index (χ3n) is 4.65. The molecule has 0 heterocycles. The quantitative estimate of drug-likeness (QED) is 0.173. The summed E-state index contributed by atoms with van der Waals surface area (Å²) in [7, 11) is -0.455. The molecule has 194 valence electrons. The van der Waals surface area contributed by atoms with Crippen LogP contribution < -0.4 is 10.6 Å². The second-order valence-corrected chi connectivity index (χ2v) is 20.4. The molecule has 0 amide bonds. The van der Waals surface area contributed by atoms with Gasteiger partial charge in [-0.25, -0.2) is 12.1 Å². The van der Waals surface area contributed by atoms with Crippen molar-refractivity contribution in [3.8, 4) is 0 Å². The molecule has 0 nitrogen and oxygen atoms in total. The second kappa shape index (κ2) is 13.0. The van der Waals surface area contributed by atoms with E-state index in [-0.39, 0.29) is 63.6 Å². The summed E-state index contributed by atoms with van der Waals surface area (Å²) in [5.74, 6) is 0. The normalized spacial score (nSPS) is 12.8. The van der Waals surface area contributed by atoms with Gasteiger partial charge in [0.15, 0.2) is 0 Å². The van der Waals surface area contributed by atoms with Crippen LogP contribution in [0.3, 0.4) is 0 Å². The van der Waals surface area contributed by atoms with E-state index in [0.717, 1.165) is 5.02 Å². The van der Waals surface area contributed by atoms with Gasteiger partial charge >= 0.3 is 0 Å². The van der Waals surface area contributed by atoms with E-state index in [4.69, 9.17) is 23.2 Å². The molecule has 2 aromatic carbocycles. The van der Waals surface area contributed by atoms with E-state index >= 15 is 0 Å². The summed E-state index contributed by atoms with van der Waals surface area (Å²) in [6.45, 7) is 27.8. The minimum atomic E-state index is -0.354. The van der Waals surface area contributed by atoms with Crippen molar-refractivity contribution in [2.24, 2.45) is 0 Å². The Bertz CT molecular complexity index is 758. The van der Waals surface area contributed by atoms with E-state index in [1.807, 2.05) is 6.07 Å². The number of hydrogen-bond acceptors (Lipinski definition) is 0. The van der Waals surface area contributed by atoms with Crippen molar-refractivity contribution in [3.05, 3.63) is 46.4 Å². The molecule has 2 rings (SSSR count). The summed E-state index contributed by atoms with van der Waals surface area (Å²) in [6.07, 6.45) is 0. The van der Waals surface area contributed by atoms with Gasteiger partial charge in [-0.05, 0) is 20.6 Å². The molecule has 0 radical (unpaired) electrons. The first-order valence-corrected chi connectivity index (χ1v) is 14.1. The Kier molecular flexibility index (Phi) is 14.5. The first-order chi connectivity index (χ1) is 13.3. The third-order valence-corrected chi connectivity index (χ3v) is 12.6. The van der Waals surface area contributed by atoms with Crippen molar-refractivity contribution < 1.29 is 37.5 Å². The zero-order valence-corrected chi connectivity index (χ0v) is 27.7. The van der Waals surface area contributed by atoms with Crippen LogP contribution in [0.15, 0.2) is 36.4 Å². The predicted molar refractivity (Wildman–Crippen MR) is 146 cm³/mol. The van der Waals surface area contributed by atoms with E-state index in [1.54, 1.807) is 5.30 Å². The minimum absolute atomic E-state index is 0. The summed E-state index contributed by atoms with van der Waals surface area (Å²) in [6, 6.07) is 12.9. The Balaban J connectivity index is 0. The van der Waals surface area contributed by atoms with Crippen molar-refractivity contribution in [1.82, 2.24) is 0 Å². The van der Waals surface area contributed by atoms with Crippen LogP contribution in [0, 0.1) is 0 Å². The predicted octanol–water partition coefficient (Wildman–Crippen LogP) is 9.52. The van der Waals surface area contributed by atoms with Gasteiger partial charge in [0, 0.05) is 37.5 Å². The molecule has 0 unspecified atom stereocenters. The van der Waals surface area contributed by atoms with Gasteiger partial charge in [-0.3, -0.25) is 7.92 Å². The smallest absolute Gasteiger partial charge is 0 e. The average molecular weight is 650 g/mol. The molecule has 0 spiro atoms. The average Bonchev–Trinajstić information content (AvgIpc) is 3.08. The monoisotopic (exact) mass is 648 g/mol. The summed E-state index contributed by atoms with van der Waals surface area (Å²) < 4.78 is 0. The number of halogens is 2. The fourth-order valence-corrected chi connectivity index (χ4v) is 13.3. The van der Waals surface area contributed by atoms with Crippen molar-refractivity contribution in [2.45, 2.75) is 104 Å². The molecule has 0 saturated heterocycles. The maximum atomic E-state index is 6.30. The van der Waals surface area contributed by atoms with Gasteiger partial charge in [0.1, 0.15) is 0 Å². The fourth-order valence-electron chi connectivity index (χ4n) is 4.62. The maximum absolute atomic E-state index is 6.30. The van der Waals surface area contributed by atoms with Crippen LogP contribution in [0.25, 0.3) is 0 Å². The molecule has 0 N–H and O–H groups in total. The zero-order chi connectivity index (χ0) is 23.7. The Morgan fingerprint density at radius 1 is 0.625 bits per heavy atom. The number of hydrogen-bond donors (Lipinski definition) is 0. The van der Waals surface area contributed by atoms with Gasteiger partial charge in [0.2, 0.25) is 0 Å². The van der Waals surface area contributed by atoms with E-state index in [0.29, 0.717) is 15.3 Å². The number of rotatable bonds is 2. The van der Waals surface area contributed by atoms with Gasteiger partial charge in [-0.1, -0.05) is 83.1 Å². The third kappa shape index (κ3) is 10.1. The van der Waals surface area contributed by atoms with Crippen LogP contribution in [0.5, 0.6) is 0 Å². The minimum Gasteiger partial charge on any atom is -0.739 e. The zero-order valence-electron chi connectivity index (χ0n) is 21.8. The van der Waals surface area contributed by atoms with E-state index < -0.39 is 0 Å². The van der Waals surface area contributed by atoms with Crippen LogP contribution in [-0.4, -0.2) is 20.6 Å². The van der Waals surface area contributed by atoms with Crippen LogP contribution in [0.4, 0.5) is 0 Å². The Hall–Kier alpha value is 1.32. The second-order valence-electron chi connectivity index (χ2n) is 11.9. The topological polar surface area (TPSA) is 0 Å². The Morgan fingerprint density at radius 3 is 1.22 bits per heavy atom. The van der Waals surface area contributed by atoms with Gasteiger partial charge in [-0.2, -0.15) is 12.1 Å². The molecule has 0 aliphatic rings. The van der Waals surface area contributed by atoms with Gasteiger partial charge in [-0.15, -0.1) is 13.2 Å². The largest absolute Gasteiger partial charge is 0.739 e. The van der Waals surface area contributed by atoms with Crippen molar-refractivity contribution in [1.29, 1.82) is 0 Å². The summed E-state index contributed by atoms with van der Waals surface area (Å²) >= 11 is 12.4. The van der Waals surface area contributed by atoms with E-state index in [2.05, 4.69) is 113 Å². The molecule has 0 aromatic heterocycles. The Labute approximate surface area is 235 Å². The molecule has 2 aromatic rings. The van der Waals surface area contributed by atoms with Crippen molar-refractivity contribution >= 4 is 49.7 Å². The van der Waals surface area contributed by atoms with Gasteiger partial charge < -0.3 is 50.7 Å². The molecule has 0 atom stereocenters. The molecule has 0 saturated carbocycles. The first kappa shape index (κ1) is 35.5. The van der Waals surface area contributed by atoms with Gasteiger partial charge in [0.05, 0.1) is 0 Å². The maximum Gasteiger partial charge on any atom is 0 e. The van der Waals surface area contributed by atoms with E-state index in [9.17, 15) is 0 Å². The summed E-state index contributed by atoms with van der Waals surface area (Å²) in [5, 5.41) is 5.45. The molecule has 0 aliphatic carbocycles. The van der Waals surface area contributed by atoms with Crippen molar-refractivity contribution in [3.63, 3.8) is 0 Å². The van der Waals surface area contributed by atoms with Crippen LogP contribution in [0.2, 0.25) is 10.0 Å². The molecule has 32 heavy (non-hydrogen) atoms. The van der Waals surface area contributed by atoms with Crippen molar-refractivity contribution in [2.75, 3.05) is 0 Å². The molecule has 0 aliphatic heterocycles. The fraction of sp³-hybridized carbons (Fsp3) is 0.615.